The Bertz CT molecular complexity index is 737. The van der Waals surface area contributed by atoms with E-state index in [0.29, 0.717) is 34.9 Å². The molecular formula is C14H14ClN5O2. The van der Waals surface area contributed by atoms with Crippen molar-refractivity contribution < 1.29 is 9.90 Å². The van der Waals surface area contributed by atoms with E-state index in [1.54, 1.807) is 19.1 Å². The quantitative estimate of drug-likeness (QED) is 0.793. The van der Waals surface area contributed by atoms with Gasteiger partial charge in [-0.25, -0.2) is 4.98 Å². The number of rotatable bonds is 3. The predicted octanol–water partition coefficient (Wildman–Crippen LogP) is 1.51. The fraction of sp³-hybridized carbons (Fsp3) is 0.286. The monoisotopic (exact) mass is 319 g/mol. The number of halogens is 1. The van der Waals surface area contributed by atoms with E-state index in [9.17, 15) is 9.90 Å². The lowest BCUT2D eigenvalue weighted by Gasteiger charge is -2.11. The molecule has 1 atom stereocenters. The van der Waals surface area contributed by atoms with E-state index in [0.717, 1.165) is 0 Å². The number of carbonyl (C=O) groups excluding carboxylic acids is 1. The third-order valence-corrected chi connectivity index (χ3v) is 3.66. The molecule has 1 aromatic heterocycles. The molecule has 1 saturated heterocycles. The first-order chi connectivity index (χ1) is 10.5. The number of nitrogens with zero attached hydrogens (tertiary/aromatic N) is 3. The molecular weight excluding hydrogens is 306 g/mol. The summed E-state index contributed by atoms with van der Waals surface area (Å²) in [7, 11) is 0. The molecule has 1 amide bonds. The minimum absolute atomic E-state index is 0.0163. The number of aromatic nitrogens is 3. The Morgan fingerprint density at radius 3 is 2.86 bits per heavy atom. The average Bonchev–Trinajstić information content (AvgIpc) is 2.86. The van der Waals surface area contributed by atoms with Crippen LogP contribution in [0.5, 0.6) is 5.75 Å². The third kappa shape index (κ3) is 2.80. The van der Waals surface area contributed by atoms with E-state index in [1.807, 2.05) is 0 Å². The van der Waals surface area contributed by atoms with E-state index in [-0.39, 0.29) is 23.6 Å². The van der Waals surface area contributed by atoms with Gasteiger partial charge >= 0.3 is 0 Å². The van der Waals surface area contributed by atoms with E-state index in [4.69, 9.17) is 11.6 Å². The van der Waals surface area contributed by atoms with Crippen molar-refractivity contribution in [2.24, 2.45) is 0 Å². The van der Waals surface area contributed by atoms with Crippen molar-refractivity contribution in [2.75, 3.05) is 11.9 Å². The molecule has 7 nitrogen and oxygen atoms in total. The molecule has 0 bridgehead atoms. The fourth-order valence-electron chi connectivity index (χ4n) is 2.31. The Morgan fingerprint density at radius 1 is 1.41 bits per heavy atom. The van der Waals surface area contributed by atoms with E-state index in [1.165, 1.54) is 6.07 Å². The van der Waals surface area contributed by atoms with Crippen LogP contribution in [0.2, 0.25) is 5.02 Å². The number of nitrogens with one attached hydrogen (secondary N) is 2. The molecule has 3 N–H and O–H groups in total. The lowest BCUT2D eigenvalue weighted by atomic mass is 10.1. The highest BCUT2D eigenvalue weighted by Gasteiger charge is 2.25. The van der Waals surface area contributed by atoms with Gasteiger partial charge in [-0.15, -0.1) is 10.2 Å². The number of aryl methyl sites for hydroxylation is 1. The highest BCUT2D eigenvalue weighted by atomic mass is 35.5. The van der Waals surface area contributed by atoms with Gasteiger partial charge in [-0.2, -0.15) is 0 Å². The summed E-state index contributed by atoms with van der Waals surface area (Å²) in [6.45, 7) is 2.40. The summed E-state index contributed by atoms with van der Waals surface area (Å²) in [5, 5.41) is 24.2. The number of anilines is 1. The van der Waals surface area contributed by atoms with E-state index in [2.05, 4.69) is 25.8 Å². The number of hydrogen-bond donors (Lipinski definition) is 3. The molecule has 22 heavy (non-hydrogen) atoms. The molecule has 2 heterocycles. The number of benzene rings is 1. The summed E-state index contributed by atoms with van der Waals surface area (Å²) in [5.74, 6) is 0.236. The zero-order valence-electron chi connectivity index (χ0n) is 11.8. The van der Waals surface area contributed by atoms with Gasteiger partial charge in [-0.1, -0.05) is 11.6 Å². The van der Waals surface area contributed by atoms with Crippen LogP contribution in [0.1, 0.15) is 12.1 Å². The molecule has 0 saturated carbocycles. The first-order valence-electron chi connectivity index (χ1n) is 6.79. The molecule has 8 heteroatoms. The molecule has 0 aliphatic carbocycles. The molecule has 1 aromatic carbocycles. The number of phenolic OH excluding ortho intramolecular Hbond substituents is 1. The van der Waals surface area contributed by atoms with Gasteiger partial charge in [0.05, 0.1) is 5.69 Å². The second-order valence-corrected chi connectivity index (χ2v) is 5.44. The van der Waals surface area contributed by atoms with Gasteiger partial charge in [0.2, 0.25) is 11.9 Å². The normalized spacial score (nSPS) is 17.4. The van der Waals surface area contributed by atoms with Crippen LogP contribution in [0.4, 0.5) is 5.95 Å². The first-order valence-corrected chi connectivity index (χ1v) is 7.17. The summed E-state index contributed by atoms with van der Waals surface area (Å²) < 4.78 is 0. The molecule has 2 aromatic rings. The lowest BCUT2D eigenvalue weighted by molar-refractivity contribution is -0.119. The van der Waals surface area contributed by atoms with Crippen molar-refractivity contribution in [2.45, 2.75) is 19.4 Å². The van der Waals surface area contributed by atoms with Gasteiger partial charge in [0.25, 0.3) is 0 Å². The van der Waals surface area contributed by atoms with Crippen LogP contribution < -0.4 is 10.6 Å². The van der Waals surface area contributed by atoms with E-state index >= 15 is 0 Å². The molecule has 0 spiro atoms. The van der Waals surface area contributed by atoms with Gasteiger partial charge in [0.1, 0.15) is 17.5 Å². The second-order valence-electron chi connectivity index (χ2n) is 5.01. The standard InChI is InChI=1S/C14H14ClN5O2/c1-7-12(9-3-2-8(15)6-11(9)21)19-20-14(17-7)18-10-4-5-16-13(10)22/h2-3,6,10,21H,4-5H2,1H3,(H,16,22)(H,17,18,20)/t10-/m0/s1. The largest absolute Gasteiger partial charge is 0.507 e. The summed E-state index contributed by atoms with van der Waals surface area (Å²) in [6, 6.07) is 4.42. The van der Waals surface area contributed by atoms with Crippen LogP contribution in [0.3, 0.4) is 0 Å². The van der Waals surface area contributed by atoms with Crippen LogP contribution in [0.25, 0.3) is 11.3 Å². The SMILES string of the molecule is Cc1nc(N[C@H]2CCNC2=O)nnc1-c1ccc(Cl)cc1O. The van der Waals surface area contributed by atoms with Crippen LogP contribution in [-0.2, 0) is 4.79 Å². The van der Waals surface area contributed by atoms with E-state index < -0.39 is 0 Å². The Kier molecular flexibility index (Phi) is 3.81. The van der Waals surface area contributed by atoms with Crippen molar-refractivity contribution in [3.8, 4) is 17.0 Å². The van der Waals surface area contributed by atoms with Crippen LogP contribution in [0.15, 0.2) is 18.2 Å². The summed E-state index contributed by atoms with van der Waals surface area (Å²) in [5.41, 5.74) is 1.57. The maximum Gasteiger partial charge on any atom is 0.243 e. The Hall–Kier alpha value is -2.41. The minimum Gasteiger partial charge on any atom is -0.507 e. The third-order valence-electron chi connectivity index (χ3n) is 3.43. The van der Waals surface area contributed by atoms with Gasteiger partial charge in [0.15, 0.2) is 0 Å². The van der Waals surface area contributed by atoms with Gasteiger partial charge in [-0.3, -0.25) is 4.79 Å². The van der Waals surface area contributed by atoms with Gasteiger partial charge < -0.3 is 15.7 Å². The first kappa shape index (κ1) is 14.5. The zero-order chi connectivity index (χ0) is 15.7. The van der Waals surface area contributed by atoms with Gasteiger partial charge in [-0.05, 0) is 31.5 Å². The zero-order valence-corrected chi connectivity index (χ0v) is 12.6. The second kappa shape index (κ2) is 5.76. The van der Waals surface area contributed by atoms with Crippen molar-refractivity contribution in [1.82, 2.24) is 20.5 Å². The Balaban J connectivity index is 1.87. The maximum atomic E-state index is 11.5. The fourth-order valence-corrected chi connectivity index (χ4v) is 2.47. The average molecular weight is 320 g/mol. The van der Waals surface area contributed by atoms with Crippen molar-refractivity contribution in [3.63, 3.8) is 0 Å². The minimum atomic E-state index is -0.337. The molecule has 0 radical (unpaired) electrons. The topological polar surface area (TPSA) is 100 Å². The predicted molar refractivity (Wildman–Crippen MR) is 81.7 cm³/mol. The molecule has 114 valence electrons. The lowest BCUT2D eigenvalue weighted by Crippen LogP contribution is -2.30. The molecule has 3 rings (SSSR count). The Morgan fingerprint density at radius 2 is 2.23 bits per heavy atom. The Labute approximate surface area is 131 Å². The highest BCUT2D eigenvalue weighted by Crippen LogP contribution is 2.31. The number of aromatic hydroxyl groups is 1. The molecule has 1 aliphatic heterocycles. The van der Waals surface area contributed by atoms with Crippen LogP contribution >= 0.6 is 11.6 Å². The maximum absolute atomic E-state index is 11.5. The summed E-state index contributed by atoms with van der Waals surface area (Å²) >= 11 is 5.82. The highest BCUT2D eigenvalue weighted by molar-refractivity contribution is 6.30. The molecule has 0 unspecified atom stereocenters. The molecule has 1 aliphatic rings. The van der Waals surface area contributed by atoms with Crippen LogP contribution in [-0.4, -0.2) is 38.8 Å². The summed E-state index contributed by atoms with van der Waals surface area (Å²) in [6.07, 6.45) is 0.682. The molecule has 1 fully saturated rings. The smallest absolute Gasteiger partial charge is 0.243 e. The van der Waals surface area contributed by atoms with Gasteiger partial charge in [0, 0.05) is 17.1 Å². The number of amides is 1. The van der Waals surface area contributed by atoms with Crippen molar-refractivity contribution in [1.29, 1.82) is 0 Å². The number of hydrogen-bond acceptors (Lipinski definition) is 6. The number of carbonyl (C=O) groups is 1. The van der Waals surface area contributed by atoms with Crippen molar-refractivity contribution in [3.05, 3.63) is 28.9 Å². The van der Waals surface area contributed by atoms with Crippen LogP contribution in [0, 0.1) is 6.92 Å². The van der Waals surface area contributed by atoms with Crippen molar-refractivity contribution >= 4 is 23.5 Å². The number of phenols is 1. The summed E-state index contributed by atoms with van der Waals surface area (Å²) in [4.78, 5) is 15.8.